The highest BCUT2D eigenvalue weighted by molar-refractivity contribution is 6.33. The van der Waals surface area contributed by atoms with Gasteiger partial charge in [0.05, 0.1) is 15.6 Å². The number of non-ortho nitro benzene ring substituents is 1. The molecule has 2 N–H and O–H groups in total. The lowest BCUT2D eigenvalue weighted by Gasteiger charge is -2.08. The molecule has 6 nitrogen and oxygen atoms in total. The van der Waals surface area contributed by atoms with Crippen LogP contribution in [0, 0.1) is 10.1 Å². The van der Waals surface area contributed by atoms with Gasteiger partial charge in [0.15, 0.2) is 0 Å². The van der Waals surface area contributed by atoms with Crippen molar-refractivity contribution < 1.29 is 9.72 Å². The number of nitrogens with one attached hydrogen (secondary N) is 2. The molecule has 0 aromatic heterocycles. The van der Waals surface area contributed by atoms with E-state index in [-0.39, 0.29) is 16.4 Å². The van der Waals surface area contributed by atoms with E-state index in [1.807, 2.05) is 6.92 Å². The lowest BCUT2D eigenvalue weighted by molar-refractivity contribution is -0.384. The van der Waals surface area contributed by atoms with Crippen molar-refractivity contribution in [3.8, 4) is 0 Å². The maximum absolute atomic E-state index is 11.5. The SMILES string of the molecule is CCCCNC(=O)Nc1cc([N+](=O)[O-])ccc1Cl. The monoisotopic (exact) mass is 271 g/mol. The zero-order valence-corrected chi connectivity index (χ0v) is 10.7. The minimum atomic E-state index is -0.545. The molecule has 0 atom stereocenters. The first-order chi connectivity index (χ1) is 8.54. The van der Waals surface area contributed by atoms with Gasteiger partial charge in [0.25, 0.3) is 5.69 Å². The molecule has 0 radical (unpaired) electrons. The number of nitro benzene ring substituents is 1. The summed E-state index contributed by atoms with van der Waals surface area (Å²) in [5.74, 6) is 0. The van der Waals surface area contributed by atoms with Crippen LogP contribution in [0.4, 0.5) is 16.2 Å². The second-order valence-electron chi connectivity index (χ2n) is 3.66. The molecule has 0 aliphatic carbocycles. The second kappa shape index (κ2) is 6.80. The van der Waals surface area contributed by atoms with Crippen LogP contribution < -0.4 is 10.6 Å². The summed E-state index contributed by atoms with van der Waals surface area (Å²) in [4.78, 5) is 21.5. The summed E-state index contributed by atoms with van der Waals surface area (Å²) in [5, 5.41) is 16.0. The highest BCUT2D eigenvalue weighted by Crippen LogP contribution is 2.26. The zero-order chi connectivity index (χ0) is 13.5. The summed E-state index contributed by atoms with van der Waals surface area (Å²) in [6, 6.07) is 3.46. The summed E-state index contributed by atoms with van der Waals surface area (Å²) in [6.07, 6.45) is 1.84. The van der Waals surface area contributed by atoms with E-state index < -0.39 is 11.0 Å². The number of anilines is 1. The average molecular weight is 272 g/mol. The molecular formula is C11H14ClN3O3. The van der Waals surface area contributed by atoms with Gasteiger partial charge in [-0.05, 0) is 12.5 Å². The van der Waals surface area contributed by atoms with Gasteiger partial charge in [-0.2, -0.15) is 0 Å². The van der Waals surface area contributed by atoms with Crippen LogP contribution in [0.5, 0.6) is 0 Å². The third-order valence-corrected chi connectivity index (χ3v) is 2.55. The number of halogens is 1. The van der Waals surface area contributed by atoms with Crippen LogP contribution in [0.15, 0.2) is 18.2 Å². The molecule has 0 heterocycles. The number of amides is 2. The lowest BCUT2D eigenvalue weighted by Crippen LogP contribution is -2.29. The summed E-state index contributed by atoms with van der Waals surface area (Å²) in [6.45, 7) is 2.56. The van der Waals surface area contributed by atoms with E-state index in [9.17, 15) is 14.9 Å². The number of carbonyl (C=O) groups excluding carboxylic acids is 1. The number of nitrogens with zero attached hydrogens (tertiary/aromatic N) is 1. The smallest absolute Gasteiger partial charge is 0.319 e. The van der Waals surface area contributed by atoms with Crippen LogP contribution in [0.3, 0.4) is 0 Å². The predicted molar refractivity (Wildman–Crippen MR) is 70.0 cm³/mol. The first-order valence-corrected chi connectivity index (χ1v) is 5.91. The number of hydrogen-bond donors (Lipinski definition) is 2. The Balaban J connectivity index is 2.68. The molecule has 0 unspecified atom stereocenters. The summed E-state index contributed by atoms with van der Waals surface area (Å²) >= 11 is 5.84. The molecular weight excluding hydrogens is 258 g/mol. The minimum absolute atomic E-state index is 0.122. The van der Waals surface area contributed by atoms with Gasteiger partial charge in [-0.15, -0.1) is 0 Å². The molecule has 98 valence electrons. The highest BCUT2D eigenvalue weighted by atomic mass is 35.5. The van der Waals surface area contributed by atoms with Crippen LogP contribution in [-0.2, 0) is 0 Å². The molecule has 1 aromatic carbocycles. The molecule has 1 rings (SSSR count). The first kappa shape index (κ1) is 14.2. The predicted octanol–water partition coefficient (Wildman–Crippen LogP) is 3.17. The molecule has 0 fully saturated rings. The van der Waals surface area contributed by atoms with Crippen molar-refractivity contribution in [2.45, 2.75) is 19.8 Å². The number of nitro groups is 1. The van der Waals surface area contributed by atoms with Gasteiger partial charge in [-0.3, -0.25) is 10.1 Å². The topological polar surface area (TPSA) is 84.3 Å². The van der Waals surface area contributed by atoms with E-state index in [1.165, 1.54) is 18.2 Å². The Labute approximate surface area is 109 Å². The molecule has 0 bridgehead atoms. The Morgan fingerprint density at radius 1 is 1.50 bits per heavy atom. The van der Waals surface area contributed by atoms with Crippen LogP contribution in [-0.4, -0.2) is 17.5 Å². The normalized spacial score (nSPS) is 9.89. The van der Waals surface area contributed by atoms with Gasteiger partial charge in [-0.1, -0.05) is 24.9 Å². The summed E-state index contributed by atoms with van der Waals surface area (Å²) in [5.41, 5.74) is 0.100. The molecule has 0 aliphatic heterocycles. The second-order valence-corrected chi connectivity index (χ2v) is 4.06. The van der Waals surface area contributed by atoms with Gasteiger partial charge >= 0.3 is 6.03 Å². The number of urea groups is 1. The average Bonchev–Trinajstić information content (AvgIpc) is 2.32. The van der Waals surface area contributed by atoms with Crippen molar-refractivity contribution in [3.05, 3.63) is 33.3 Å². The standard InChI is InChI=1S/C11H14ClN3O3/c1-2-3-6-13-11(16)14-10-7-8(15(17)18)4-5-9(10)12/h4-5,7H,2-3,6H2,1H3,(H2,13,14,16). The molecule has 0 saturated heterocycles. The third kappa shape index (κ3) is 4.21. The van der Waals surface area contributed by atoms with E-state index >= 15 is 0 Å². The van der Waals surface area contributed by atoms with Gasteiger partial charge < -0.3 is 10.6 Å². The lowest BCUT2D eigenvalue weighted by atomic mass is 10.3. The van der Waals surface area contributed by atoms with Gasteiger partial charge in [0.2, 0.25) is 0 Å². The molecule has 0 saturated carbocycles. The van der Waals surface area contributed by atoms with E-state index in [4.69, 9.17) is 11.6 Å². The van der Waals surface area contributed by atoms with Crippen molar-refractivity contribution in [2.24, 2.45) is 0 Å². The van der Waals surface area contributed by atoms with Crippen LogP contribution in [0.25, 0.3) is 0 Å². The number of unbranched alkanes of at least 4 members (excludes halogenated alkanes) is 1. The minimum Gasteiger partial charge on any atom is -0.338 e. The molecule has 1 aromatic rings. The zero-order valence-electron chi connectivity index (χ0n) is 9.90. The van der Waals surface area contributed by atoms with Gasteiger partial charge in [0.1, 0.15) is 0 Å². The van der Waals surface area contributed by atoms with Gasteiger partial charge in [0, 0.05) is 18.7 Å². The van der Waals surface area contributed by atoms with Crippen molar-refractivity contribution in [2.75, 3.05) is 11.9 Å². The Hall–Kier alpha value is -1.82. The van der Waals surface area contributed by atoms with Crippen LogP contribution in [0.1, 0.15) is 19.8 Å². The molecule has 0 aliphatic rings. The van der Waals surface area contributed by atoms with Crippen LogP contribution >= 0.6 is 11.6 Å². The maximum Gasteiger partial charge on any atom is 0.319 e. The molecule has 7 heteroatoms. The van der Waals surface area contributed by atoms with Crippen molar-refractivity contribution in [1.29, 1.82) is 0 Å². The quantitative estimate of drug-likeness (QED) is 0.490. The van der Waals surface area contributed by atoms with Crippen molar-refractivity contribution >= 4 is 29.0 Å². The van der Waals surface area contributed by atoms with E-state index in [1.54, 1.807) is 0 Å². The van der Waals surface area contributed by atoms with Crippen LogP contribution in [0.2, 0.25) is 5.02 Å². The number of carbonyl (C=O) groups is 1. The van der Waals surface area contributed by atoms with Gasteiger partial charge in [-0.25, -0.2) is 4.79 Å². The Kier molecular flexibility index (Phi) is 5.38. The van der Waals surface area contributed by atoms with E-state index in [0.717, 1.165) is 12.8 Å². The van der Waals surface area contributed by atoms with E-state index in [2.05, 4.69) is 10.6 Å². The third-order valence-electron chi connectivity index (χ3n) is 2.22. The first-order valence-electron chi connectivity index (χ1n) is 5.53. The fraction of sp³-hybridized carbons (Fsp3) is 0.364. The maximum atomic E-state index is 11.5. The van der Waals surface area contributed by atoms with Crippen molar-refractivity contribution in [3.63, 3.8) is 0 Å². The van der Waals surface area contributed by atoms with Crippen molar-refractivity contribution in [1.82, 2.24) is 5.32 Å². The fourth-order valence-electron chi connectivity index (χ4n) is 1.27. The molecule has 0 spiro atoms. The number of rotatable bonds is 5. The largest absolute Gasteiger partial charge is 0.338 e. The molecule has 18 heavy (non-hydrogen) atoms. The Bertz CT molecular complexity index is 451. The molecule has 2 amide bonds. The number of benzene rings is 1. The van der Waals surface area contributed by atoms with E-state index in [0.29, 0.717) is 6.54 Å². The Morgan fingerprint density at radius 2 is 2.22 bits per heavy atom. The summed E-state index contributed by atoms with van der Waals surface area (Å²) < 4.78 is 0. The highest BCUT2D eigenvalue weighted by Gasteiger charge is 2.11. The number of hydrogen-bond acceptors (Lipinski definition) is 3. The fourth-order valence-corrected chi connectivity index (χ4v) is 1.43. The summed E-state index contributed by atoms with van der Waals surface area (Å²) in [7, 11) is 0. The Morgan fingerprint density at radius 3 is 2.83 bits per heavy atom.